The van der Waals surface area contributed by atoms with Gasteiger partial charge in [-0.2, -0.15) is 0 Å². The summed E-state index contributed by atoms with van der Waals surface area (Å²) in [4.78, 5) is 1.86. The summed E-state index contributed by atoms with van der Waals surface area (Å²) < 4.78 is 39.3. The Morgan fingerprint density at radius 3 is 2.47 bits per heavy atom. The van der Waals surface area contributed by atoms with Gasteiger partial charge in [-0.1, -0.05) is 19.9 Å². The maximum atomic E-state index is 13.5. The number of hydrogen-bond acceptors (Lipinski definition) is 2. The molecule has 0 heterocycles. The van der Waals surface area contributed by atoms with Crippen LogP contribution in [-0.2, 0) is 6.54 Å². The van der Waals surface area contributed by atoms with E-state index >= 15 is 0 Å². The second-order valence-corrected chi connectivity index (χ2v) is 5.17. The Bertz CT molecular complexity index is 408. The van der Waals surface area contributed by atoms with Gasteiger partial charge in [0.15, 0.2) is 17.5 Å². The SMILES string of the molecule is CC(C)CNCCN(C)Cc1ccc(F)c(F)c1F. The fourth-order valence-electron chi connectivity index (χ4n) is 1.72. The minimum atomic E-state index is -1.40. The minimum absolute atomic E-state index is 0.172. The minimum Gasteiger partial charge on any atom is -0.315 e. The van der Waals surface area contributed by atoms with E-state index in [0.717, 1.165) is 19.2 Å². The fourth-order valence-corrected chi connectivity index (χ4v) is 1.72. The van der Waals surface area contributed by atoms with Crippen LogP contribution in [0.15, 0.2) is 12.1 Å². The number of halogens is 3. The molecule has 0 aliphatic rings. The van der Waals surface area contributed by atoms with Gasteiger partial charge in [-0.05, 0) is 25.6 Å². The van der Waals surface area contributed by atoms with E-state index in [4.69, 9.17) is 0 Å². The first-order chi connectivity index (χ1) is 8.91. The summed E-state index contributed by atoms with van der Waals surface area (Å²) in [5.41, 5.74) is 0.172. The van der Waals surface area contributed by atoms with E-state index in [1.54, 1.807) is 0 Å². The molecule has 0 saturated heterocycles. The molecular formula is C14H21F3N2. The predicted molar refractivity (Wildman–Crippen MR) is 70.4 cm³/mol. The third kappa shape index (κ3) is 5.20. The zero-order valence-electron chi connectivity index (χ0n) is 11.6. The standard InChI is InChI=1S/C14H21F3N2/c1-10(2)8-18-6-7-19(3)9-11-4-5-12(15)14(17)13(11)16/h4-5,10,18H,6-9H2,1-3H3. The lowest BCUT2D eigenvalue weighted by molar-refractivity contribution is 0.312. The summed E-state index contributed by atoms with van der Waals surface area (Å²) in [6.45, 7) is 6.91. The first kappa shape index (κ1) is 16.0. The van der Waals surface area contributed by atoms with Crippen LogP contribution in [-0.4, -0.2) is 31.6 Å². The van der Waals surface area contributed by atoms with Gasteiger partial charge in [-0.3, -0.25) is 0 Å². The van der Waals surface area contributed by atoms with Gasteiger partial charge >= 0.3 is 0 Å². The number of benzene rings is 1. The highest BCUT2D eigenvalue weighted by Gasteiger charge is 2.14. The molecule has 0 bridgehead atoms. The van der Waals surface area contributed by atoms with Gasteiger partial charge in [-0.15, -0.1) is 0 Å². The van der Waals surface area contributed by atoms with E-state index < -0.39 is 17.5 Å². The monoisotopic (exact) mass is 274 g/mol. The highest BCUT2D eigenvalue weighted by Crippen LogP contribution is 2.16. The average molecular weight is 274 g/mol. The Hall–Kier alpha value is -1.07. The van der Waals surface area contributed by atoms with Crippen LogP contribution in [0.2, 0.25) is 0 Å². The van der Waals surface area contributed by atoms with E-state index in [-0.39, 0.29) is 12.1 Å². The first-order valence-electron chi connectivity index (χ1n) is 6.43. The molecule has 19 heavy (non-hydrogen) atoms. The smallest absolute Gasteiger partial charge is 0.194 e. The van der Waals surface area contributed by atoms with E-state index in [1.807, 2.05) is 11.9 Å². The van der Waals surface area contributed by atoms with Crippen LogP contribution >= 0.6 is 0 Å². The Morgan fingerprint density at radius 1 is 1.16 bits per heavy atom. The molecule has 0 amide bonds. The number of hydrogen-bond donors (Lipinski definition) is 1. The highest BCUT2D eigenvalue weighted by molar-refractivity contribution is 5.20. The van der Waals surface area contributed by atoms with Gasteiger partial charge in [0.25, 0.3) is 0 Å². The number of likely N-dealkylation sites (N-methyl/N-ethyl adjacent to an activating group) is 1. The van der Waals surface area contributed by atoms with Gasteiger partial charge in [0.05, 0.1) is 0 Å². The number of rotatable bonds is 7. The second kappa shape index (κ2) is 7.50. The van der Waals surface area contributed by atoms with Crippen molar-refractivity contribution in [2.75, 3.05) is 26.7 Å². The number of nitrogens with one attached hydrogen (secondary N) is 1. The van der Waals surface area contributed by atoms with Crippen LogP contribution < -0.4 is 5.32 Å². The van der Waals surface area contributed by atoms with E-state index in [1.165, 1.54) is 6.07 Å². The van der Waals surface area contributed by atoms with E-state index in [0.29, 0.717) is 12.5 Å². The molecule has 0 aliphatic carbocycles. The van der Waals surface area contributed by atoms with E-state index in [2.05, 4.69) is 19.2 Å². The number of nitrogens with zero attached hydrogens (tertiary/aromatic N) is 1. The Morgan fingerprint density at radius 2 is 1.84 bits per heavy atom. The van der Waals surface area contributed by atoms with Crippen molar-refractivity contribution in [1.82, 2.24) is 10.2 Å². The molecule has 0 fully saturated rings. The van der Waals surface area contributed by atoms with Crippen molar-refractivity contribution < 1.29 is 13.2 Å². The van der Waals surface area contributed by atoms with Crippen molar-refractivity contribution in [3.8, 4) is 0 Å². The maximum absolute atomic E-state index is 13.5. The van der Waals surface area contributed by atoms with Crippen LogP contribution in [0.1, 0.15) is 19.4 Å². The lowest BCUT2D eigenvalue weighted by atomic mass is 10.2. The van der Waals surface area contributed by atoms with E-state index in [9.17, 15) is 13.2 Å². The summed E-state index contributed by atoms with van der Waals surface area (Å²) in [5, 5.41) is 3.27. The molecular weight excluding hydrogens is 253 g/mol. The molecule has 0 radical (unpaired) electrons. The molecule has 1 rings (SSSR count). The van der Waals surface area contributed by atoms with Crippen molar-refractivity contribution in [3.05, 3.63) is 35.1 Å². The zero-order valence-corrected chi connectivity index (χ0v) is 11.6. The predicted octanol–water partition coefficient (Wildman–Crippen LogP) is 2.78. The molecule has 0 aliphatic heterocycles. The highest BCUT2D eigenvalue weighted by atomic mass is 19.2. The summed E-state index contributed by atoms with van der Waals surface area (Å²) >= 11 is 0. The molecule has 2 nitrogen and oxygen atoms in total. The van der Waals surface area contributed by atoms with Crippen molar-refractivity contribution in [2.24, 2.45) is 5.92 Å². The molecule has 0 aromatic heterocycles. The van der Waals surface area contributed by atoms with Gasteiger partial charge < -0.3 is 10.2 Å². The van der Waals surface area contributed by atoms with Crippen molar-refractivity contribution in [3.63, 3.8) is 0 Å². The molecule has 0 atom stereocenters. The van der Waals surface area contributed by atoms with Crippen LogP contribution in [0.25, 0.3) is 0 Å². The average Bonchev–Trinajstić information content (AvgIpc) is 2.35. The molecule has 5 heteroatoms. The molecule has 1 aromatic carbocycles. The lowest BCUT2D eigenvalue weighted by Crippen LogP contribution is -2.31. The summed E-state index contributed by atoms with van der Waals surface area (Å²) in [5.74, 6) is -3.07. The van der Waals surface area contributed by atoms with Crippen LogP contribution in [0.3, 0.4) is 0 Å². The molecule has 108 valence electrons. The molecule has 0 unspecified atom stereocenters. The summed E-state index contributed by atoms with van der Waals surface area (Å²) in [6, 6.07) is 2.24. The zero-order chi connectivity index (χ0) is 14.4. The Balaban J connectivity index is 2.44. The molecule has 0 spiro atoms. The summed E-state index contributed by atoms with van der Waals surface area (Å²) in [7, 11) is 1.82. The molecule has 1 aromatic rings. The van der Waals surface area contributed by atoms with Gasteiger partial charge in [0, 0.05) is 25.2 Å². The molecule has 0 saturated carbocycles. The Kier molecular flexibility index (Phi) is 6.31. The largest absolute Gasteiger partial charge is 0.315 e. The Labute approximate surface area is 112 Å². The van der Waals surface area contributed by atoms with Crippen LogP contribution in [0, 0.1) is 23.4 Å². The maximum Gasteiger partial charge on any atom is 0.194 e. The van der Waals surface area contributed by atoms with Crippen LogP contribution in [0.5, 0.6) is 0 Å². The molecule has 1 N–H and O–H groups in total. The van der Waals surface area contributed by atoms with Gasteiger partial charge in [0.1, 0.15) is 0 Å². The van der Waals surface area contributed by atoms with Gasteiger partial charge in [-0.25, -0.2) is 13.2 Å². The van der Waals surface area contributed by atoms with Crippen molar-refractivity contribution in [2.45, 2.75) is 20.4 Å². The quantitative estimate of drug-likeness (QED) is 0.607. The first-order valence-corrected chi connectivity index (χ1v) is 6.43. The van der Waals surface area contributed by atoms with Crippen molar-refractivity contribution in [1.29, 1.82) is 0 Å². The third-order valence-corrected chi connectivity index (χ3v) is 2.78. The van der Waals surface area contributed by atoms with Crippen molar-refractivity contribution >= 4 is 0 Å². The topological polar surface area (TPSA) is 15.3 Å². The normalized spacial score (nSPS) is 11.6. The third-order valence-electron chi connectivity index (χ3n) is 2.78. The van der Waals surface area contributed by atoms with Gasteiger partial charge in [0.2, 0.25) is 0 Å². The second-order valence-electron chi connectivity index (χ2n) is 5.17. The van der Waals surface area contributed by atoms with Crippen LogP contribution in [0.4, 0.5) is 13.2 Å². The fraction of sp³-hybridized carbons (Fsp3) is 0.571. The summed E-state index contributed by atoms with van der Waals surface area (Å²) in [6.07, 6.45) is 0. The lowest BCUT2D eigenvalue weighted by Gasteiger charge is -2.18.